The fourth-order valence-corrected chi connectivity index (χ4v) is 3.99. The molecule has 3 rings (SSSR count). The van der Waals surface area contributed by atoms with Crippen LogP contribution in [0.1, 0.15) is 16.7 Å². The van der Waals surface area contributed by atoms with Crippen molar-refractivity contribution in [2.45, 2.75) is 31.3 Å². The summed E-state index contributed by atoms with van der Waals surface area (Å²) in [5.41, 5.74) is 4.78. The van der Waals surface area contributed by atoms with Gasteiger partial charge in [0.2, 0.25) is 0 Å². The highest BCUT2D eigenvalue weighted by molar-refractivity contribution is 7.98. The first-order valence-corrected chi connectivity index (χ1v) is 10.0. The molecule has 0 aliphatic heterocycles. The normalized spacial score (nSPS) is 10.7. The molecular formula is C22H25N3O2S. The number of allylic oxidation sites excluding steroid dienone is 1. The lowest BCUT2D eigenvalue weighted by molar-refractivity contribution is 0.355. The molecule has 2 aromatic carbocycles. The maximum Gasteiger partial charge on any atom is 0.192 e. The van der Waals surface area contributed by atoms with Crippen LogP contribution in [-0.4, -0.2) is 29.0 Å². The zero-order valence-electron chi connectivity index (χ0n) is 16.7. The molecule has 0 spiro atoms. The molecule has 3 aromatic rings. The average molecular weight is 396 g/mol. The van der Waals surface area contributed by atoms with Crippen LogP contribution in [0.2, 0.25) is 0 Å². The summed E-state index contributed by atoms with van der Waals surface area (Å²) < 4.78 is 12.8. The lowest BCUT2D eigenvalue weighted by Gasteiger charge is -2.11. The maximum absolute atomic E-state index is 5.43. The molecule has 0 atom stereocenters. The second-order valence-electron chi connectivity index (χ2n) is 6.49. The van der Waals surface area contributed by atoms with Crippen LogP contribution in [-0.2, 0) is 12.3 Å². The van der Waals surface area contributed by atoms with Crippen LogP contribution < -0.4 is 9.47 Å². The molecule has 0 N–H and O–H groups in total. The van der Waals surface area contributed by atoms with Crippen LogP contribution in [0.25, 0.3) is 11.4 Å². The van der Waals surface area contributed by atoms with E-state index < -0.39 is 0 Å². The fraction of sp³-hybridized carbons (Fsp3) is 0.273. The van der Waals surface area contributed by atoms with E-state index in [2.05, 4.69) is 53.4 Å². The number of thioether (sulfide) groups is 1. The molecule has 1 aromatic heterocycles. The highest BCUT2D eigenvalue weighted by atomic mass is 32.2. The second-order valence-corrected chi connectivity index (χ2v) is 7.44. The van der Waals surface area contributed by atoms with Gasteiger partial charge in [0.15, 0.2) is 22.5 Å². The predicted octanol–water partition coefficient (Wildman–Crippen LogP) is 5.06. The second kappa shape index (κ2) is 8.97. The van der Waals surface area contributed by atoms with Crippen LogP contribution in [0, 0.1) is 13.8 Å². The molecule has 146 valence electrons. The molecule has 0 saturated carbocycles. The number of benzene rings is 2. The van der Waals surface area contributed by atoms with Gasteiger partial charge in [-0.25, -0.2) is 0 Å². The maximum atomic E-state index is 5.43. The molecule has 0 fully saturated rings. The van der Waals surface area contributed by atoms with E-state index in [0.717, 1.165) is 22.3 Å². The summed E-state index contributed by atoms with van der Waals surface area (Å²) in [6.45, 7) is 8.77. The van der Waals surface area contributed by atoms with Crippen LogP contribution in [0.4, 0.5) is 0 Å². The van der Waals surface area contributed by atoms with Crippen molar-refractivity contribution >= 4 is 11.8 Å². The van der Waals surface area contributed by atoms with Gasteiger partial charge in [-0.3, -0.25) is 4.57 Å². The van der Waals surface area contributed by atoms with Crippen LogP contribution in [0.3, 0.4) is 0 Å². The van der Waals surface area contributed by atoms with Gasteiger partial charge in [-0.15, -0.1) is 16.8 Å². The number of nitrogens with zero attached hydrogens (tertiary/aromatic N) is 3. The fourth-order valence-electron chi connectivity index (χ4n) is 2.98. The highest BCUT2D eigenvalue weighted by Crippen LogP contribution is 2.33. The monoisotopic (exact) mass is 395 g/mol. The molecule has 0 bridgehead atoms. The minimum atomic E-state index is 0.631. The van der Waals surface area contributed by atoms with Gasteiger partial charge in [0, 0.05) is 17.9 Å². The van der Waals surface area contributed by atoms with Gasteiger partial charge in [0.05, 0.1) is 14.2 Å². The van der Waals surface area contributed by atoms with Gasteiger partial charge in [-0.2, -0.15) is 0 Å². The summed E-state index contributed by atoms with van der Waals surface area (Å²) in [6.07, 6.45) is 1.86. The summed E-state index contributed by atoms with van der Waals surface area (Å²) in [6, 6.07) is 12.3. The van der Waals surface area contributed by atoms with Crippen molar-refractivity contribution in [3.63, 3.8) is 0 Å². The molecule has 5 nitrogen and oxygen atoms in total. The Balaban J connectivity index is 1.91. The van der Waals surface area contributed by atoms with Crippen molar-refractivity contribution in [2.24, 2.45) is 0 Å². The van der Waals surface area contributed by atoms with Gasteiger partial charge in [0.1, 0.15) is 0 Å². The van der Waals surface area contributed by atoms with Crippen LogP contribution in [0.5, 0.6) is 11.5 Å². The summed E-state index contributed by atoms with van der Waals surface area (Å²) in [7, 11) is 3.25. The minimum Gasteiger partial charge on any atom is -0.493 e. The molecule has 0 amide bonds. The van der Waals surface area contributed by atoms with Crippen LogP contribution in [0.15, 0.2) is 54.2 Å². The van der Waals surface area contributed by atoms with Gasteiger partial charge in [-0.05, 0) is 43.2 Å². The Morgan fingerprint density at radius 2 is 1.82 bits per heavy atom. The van der Waals surface area contributed by atoms with Crippen molar-refractivity contribution < 1.29 is 9.47 Å². The topological polar surface area (TPSA) is 49.2 Å². The van der Waals surface area contributed by atoms with Crippen molar-refractivity contribution in [1.82, 2.24) is 14.8 Å². The number of hydrogen-bond acceptors (Lipinski definition) is 5. The average Bonchev–Trinajstić information content (AvgIpc) is 3.11. The lowest BCUT2D eigenvalue weighted by Crippen LogP contribution is -2.01. The Bertz CT molecular complexity index is 982. The first kappa shape index (κ1) is 20.0. The van der Waals surface area contributed by atoms with E-state index >= 15 is 0 Å². The van der Waals surface area contributed by atoms with E-state index in [4.69, 9.17) is 9.47 Å². The van der Waals surface area contributed by atoms with E-state index in [0.29, 0.717) is 18.0 Å². The predicted molar refractivity (Wildman–Crippen MR) is 114 cm³/mol. The standard InChI is InChI=1S/C22H25N3O2S/c1-6-11-25-21(17-9-10-19(26-4)20(13-17)27-5)23-24-22(25)28-14-18-12-15(2)7-8-16(18)3/h6-10,12-13H,1,11,14H2,2-5H3. The molecule has 0 aliphatic carbocycles. The van der Waals surface area contributed by atoms with E-state index in [1.54, 1.807) is 26.0 Å². The number of methoxy groups -OCH3 is 2. The first-order chi connectivity index (χ1) is 13.6. The number of ether oxygens (including phenoxy) is 2. The van der Waals surface area contributed by atoms with E-state index in [1.807, 2.05) is 24.3 Å². The third kappa shape index (κ3) is 4.22. The van der Waals surface area contributed by atoms with Crippen molar-refractivity contribution in [2.75, 3.05) is 14.2 Å². The van der Waals surface area contributed by atoms with Gasteiger partial charge in [0.25, 0.3) is 0 Å². The van der Waals surface area contributed by atoms with Gasteiger partial charge >= 0.3 is 0 Å². The van der Waals surface area contributed by atoms with E-state index in [9.17, 15) is 0 Å². The Labute approximate surface area is 170 Å². The molecule has 0 saturated heterocycles. The summed E-state index contributed by atoms with van der Waals surface area (Å²) in [5, 5.41) is 9.73. The third-order valence-electron chi connectivity index (χ3n) is 4.53. The molecule has 1 heterocycles. The number of rotatable bonds is 8. The first-order valence-electron chi connectivity index (χ1n) is 9.02. The summed E-state index contributed by atoms with van der Waals surface area (Å²) in [5.74, 6) is 2.97. The molecule has 0 radical (unpaired) electrons. The lowest BCUT2D eigenvalue weighted by atomic mass is 10.1. The van der Waals surface area contributed by atoms with Crippen molar-refractivity contribution in [3.8, 4) is 22.9 Å². The van der Waals surface area contributed by atoms with Crippen molar-refractivity contribution in [3.05, 3.63) is 65.7 Å². The Kier molecular flexibility index (Phi) is 6.41. The molecule has 28 heavy (non-hydrogen) atoms. The van der Waals surface area contributed by atoms with E-state index in [-0.39, 0.29) is 0 Å². The number of aryl methyl sites for hydroxylation is 2. The zero-order valence-corrected chi connectivity index (χ0v) is 17.5. The minimum absolute atomic E-state index is 0.631. The van der Waals surface area contributed by atoms with Crippen molar-refractivity contribution in [1.29, 1.82) is 0 Å². The van der Waals surface area contributed by atoms with Crippen LogP contribution >= 0.6 is 11.8 Å². The quantitative estimate of drug-likeness (QED) is 0.394. The van der Waals surface area contributed by atoms with E-state index in [1.165, 1.54) is 16.7 Å². The third-order valence-corrected chi connectivity index (χ3v) is 5.55. The molecular weight excluding hydrogens is 370 g/mol. The SMILES string of the molecule is C=CCn1c(SCc2cc(C)ccc2C)nnc1-c1ccc(OC)c(OC)c1. The Morgan fingerprint density at radius 1 is 1.04 bits per heavy atom. The zero-order chi connectivity index (χ0) is 20.1. The smallest absolute Gasteiger partial charge is 0.192 e. The largest absolute Gasteiger partial charge is 0.493 e. The Hall–Kier alpha value is -2.73. The van der Waals surface area contributed by atoms with Gasteiger partial charge in [-0.1, -0.05) is 41.6 Å². The molecule has 0 unspecified atom stereocenters. The highest BCUT2D eigenvalue weighted by Gasteiger charge is 2.16. The summed E-state index contributed by atoms with van der Waals surface area (Å²) >= 11 is 1.68. The number of aromatic nitrogens is 3. The van der Waals surface area contributed by atoms with Gasteiger partial charge < -0.3 is 9.47 Å². The summed E-state index contributed by atoms with van der Waals surface area (Å²) in [4.78, 5) is 0. The molecule has 0 aliphatic rings. The number of hydrogen-bond donors (Lipinski definition) is 0. The molecule has 6 heteroatoms. The Morgan fingerprint density at radius 3 is 2.54 bits per heavy atom.